The Morgan fingerprint density at radius 2 is 2.23 bits per heavy atom. The van der Waals surface area contributed by atoms with Crippen molar-refractivity contribution < 1.29 is 13.6 Å². The Balaban J connectivity index is 1.71. The van der Waals surface area contributed by atoms with Crippen LogP contribution in [-0.2, 0) is 4.79 Å². The number of carbonyl (C=O) groups is 1. The van der Waals surface area contributed by atoms with Crippen LogP contribution in [0.2, 0.25) is 0 Å². The molecule has 4 nitrogen and oxygen atoms in total. The van der Waals surface area contributed by atoms with Gasteiger partial charge >= 0.3 is 0 Å². The van der Waals surface area contributed by atoms with Gasteiger partial charge in [-0.05, 0) is 30.7 Å². The maximum Gasteiger partial charge on any atom is 0.254 e. The molecule has 4 N–H and O–H groups in total. The fourth-order valence-electron chi connectivity index (χ4n) is 3.32. The normalized spacial score (nSPS) is 40.6. The van der Waals surface area contributed by atoms with E-state index in [0.717, 1.165) is 24.7 Å². The largest absolute Gasteiger partial charge is 0.322 e. The summed E-state index contributed by atoms with van der Waals surface area (Å²) in [7, 11) is 0. The highest BCUT2D eigenvalue weighted by Gasteiger charge is 2.39. The molecule has 1 saturated heterocycles. The average Bonchev–Trinajstić information content (AvgIpc) is 2.58. The van der Waals surface area contributed by atoms with Crippen molar-refractivity contribution in [3.8, 4) is 0 Å². The van der Waals surface area contributed by atoms with Gasteiger partial charge in [0, 0.05) is 18.0 Å². The van der Waals surface area contributed by atoms with Gasteiger partial charge in [-0.15, -0.1) is 23.4 Å². The SMILES string of the molecule is NC1NC(I)(C2C=C(NC(=O)C3=CC(F)C(Cl)CC3F)C=CC2)CCS1. The zero-order chi connectivity index (χ0) is 18.9. The summed E-state index contributed by atoms with van der Waals surface area (Å²) in [5, 5.41) is 5.19. The molecule has 0 aromatic rings. The molecule has 3 rings (SSSR count). The van der Waals surface area contributed by atoms with Gasteiger partial charge in [0.05, 0.1) is 14.5 Å². The smallest absolute Gasteiger partial charge is 0.254 e. The second-order valence-corrected chi connectivity index (χ2v) is 10.4. The lowest BCUT2D eigenvalue weighted by atomic mass is 9.89. The number of allylic oxidation sites excluding steroid dienone is 3. The van der Waals surface area contributed by atoms with E-state index < -0.39 is 23.6 Å². The van der Waals surface area contributed by atoms with Crippen LogP contribution in [0.4, 0.5) is 8.78 Å². The Bertz CT molecular complexity index is 662. The first-order chi connectivity index (χ1) is 12.3. The first kappa shape index (κ1) is 20.6. The number of amides is 1. The predicted octanol–water partition coefficient (Wildman–Crippen LogP) is 3.28. The number of hydrogen-bond acceptors (Lipinski definition) is 4. The highest BCUT2D eigenvalue weighted by molar-refractivity contribution is 14.1. The Labute approximate surface area is 174 Å². The summed E-state index contributed by atoms with van der Waals surface area (Å²) >= 11 is 9.78. The molecule has 1 amide bonds. The molecule has 0 spiro atoms. The lowest BCUT2D eigenvalue weighted by Crippen LogP contribution is -2.56. The molecule has 0 aromatic carbocycles. The molecule has 1 fully saturated rings. The summed E-state index contributed by atoms with van der Waals surface area (Å²) < 4.78 is 27.6. The molecule has 0 aromatic heterocycles. The molecule has 1 heterocycles. The van der Waals surface area contributed by atoms with Gasteiger partial charge in [-0.3, -0.25) is 10.1 Å². The van der Waals surface area contributed by atoms with Crippen molar-refractivity contribution in [2.24, 2.45) is 11.7 Å². The summed E-state index contributed by atoms with van der Waals surface area (Å²) in [6.07, 6.45) is 5.22. The molecular formula is C17H21ClF2IN3OS. The van der Waals surface area contributed by atoms with Crippen LogP contribution < -0.4 is 16.4 Å². The monoisotopic (exact) mass is 515 g/mol. The third kappa shape index (κ3) is 4.63. The van der Waals surface area contributed by atoms with Gasteiger partial charge in [-0.1, -0.05) is 34.7 Å². The van der Waals surface area contributed by atoms with Crippen LogP contribution in [0.1, 0.15) is 19.3 Å². The molecule has 3 aliphatic rings. The van der Waals surface area contributed by atoms with E-state index in [-0.39, 0.29) is 27.0 Å². The summed E-state index contributed by atoms with van der Waals surface area (Å²) in [5.41, 5.74) is 6.29. The minimum Gasteiger partial charge on any atom is -0.322 e. The first-order valence-corrected chi connectivity index (χ1v) is 11.0. The number of nitrogens with two attached hydrogens (primary N) is 1. The number of halogens is 4. The summed E-state index contributed by atoms with van der Waals surface area (Å²) in [6.45, 7) is 0. The second kappa shape index (κ2) is 8.46. The number of thioether (sulfide) groups is 1. The van der Waals surface area contributed by atoms with E-state index in [1.165, 1.54) is 0 Å². The van der Waals surface area contributed by atoms with Crippen LogP contribution in [0.25, 0.3) is 0 Å². The minimum absolute atomic E-state index is 0.123. The van der Waals surface area contributed by atoms with Crippen molar-refractivity contribution in [3.63, 3.8) is 0 Å². The van der Waals surface area contributed by atoms with E-state index in [1.54, 1.807) is 17.8 Å². The van der Waals surface area contributed by atoms with Gasteiger partial charge < -0.3 is 11.1 Å². The quantitative estimate of drug-likeness (QED) is 0.307. The molecule has 0 radical (unpaired) electrons. The van der Waals surface area contributed by atoms with Gasteiger partial charge in [0.2, 0.25) is 0 Å². The Morgan fingerprint density at radius 3 is 2.96 bits per heavy atom. The fraction of sp³-hybridized carbons (Fsp3) is 0.588. The highest BCUT2D eigenvalue weighted by atomic mass is 127. The predicted molar refractivity (Wildman–Crippen MR) is 111 cm³/mol. The number of nitrogens with one attached hydrogen (secondary N) is 2. The highest BCUT2D eigenvalue weighted by Crippen LogP contribution is 2.40. The number of rotatable bonds is 3. The van der Waals surface area contributed by atoms with Crippen LogP contribution in [0.3, 0.4) is 0 Å². The molecule has 6 atom stereocenters. The van der Waals surface area contributed by atoms with Crippen molar-refractivity contribution in [3.05, 3.63) is 35.6 Å². The van der Waals surface area contributed by atoms with E-state index >= 15 is 0 Å². The Hall–Kier alpha value is -0.160. The van der Waals surface area contributed by atoms with Crippen LogP contribution >= 0.6 is 46.0 Å². The van der Waals surface area contributed by atoms with E-state index in [0.29, 0.717) is 5.70 Å². The minimum atomic E-state index is -1.56. The maximum atomic E-state index is 14.1. The van der Waals surface area contributed by atoms with E-state index in [4.69, 9.17) is 17.3 Å². The van der Waals surface area contributed by atoms with Gasteiger partial charge in [-0.25, -0.2) is 8.78 Å². The summed E-state index contributed by atoms with van der Waals surface area (Å²) in [5.74, 6) is 0.477. The first-order valence-electron chi connectivity index (χ1n) is 8.46. The van der Waals surface area contributed by atoms with Gasteiger partial charge in [0.1, 0.15) is 17.8 Å². The maximum absolute atomic E-state index is 14.1. The molecule has 26 heavy (non-hydrogen) atoms. The molecule has 144 valence electrons. The van der Waals surface area contributed by atoms with Crippen molar-refractivity contribution in [2.75, 3.05) is 5.75 Å². The number of hydrogen-bond donors (Lipinski definition) is 3. The third-order valence-electron chi connectivity index (χ3n) is 4.78. The molecule has 9 heteroatoms. The lowest BCUT2D eigenvalue weighted by Gasteiger charge is -2.41. The third-order valence-corrected chi connectivity index (χ3v) is 7.76. The standard InChI is InChI=1S/C17H21ClF2IN3OS/c18-12-8-13(19)11(7-14(12)20)15(25)23-10-3-1-2-9(6-10)17(21)4-5-26-16(22)24-17/h1,3,6-7,9,12-14,16,24H,2,4-5,8,22H2,(H,23,25). The number of alkyl halides is 4. The zero-order valence-electron chi connectivity index (χ0n) is 13.9. The van der Waals surface area contributed by atoms with Crippen molar-refractivity contribution in [1.82, 2.24) is 10.6 Å². The van der Waals surface area contributed by atoms with Crippen LogP contribution in [0.15, 0.2) is 35.6 Å². The Morgan fingerprint density at radius 1 is 1.46 bits per heavy atom. The molecule has 0 bridgehead atoms. The van der Waals surface area contributed by atoms with Gasteiger partial charge in [-0.2, -0.15) is 0 Å². The van der Waals surface area contributed by atoms with Crippen molar-refractivity contribution in [1.29, 1.82) is 0 Å². The van der Waals surface area contributed by atoms with Crippen molar-refractivity contribution >= 4 is 51.9 Å². The molecule has 0 saturated carbocycles. The van der Waals surface area contributed by atoms with E-state index in [9.17, 15) is 13.6 Å². The lowest BCUT2D eigenvalue weighted by molar-refractivity contribution is -0.117. The Kier molecular flexibility index (Phi) is 6.70. The van der Waals surface area contributed by atoms with Crippen LogP contribution in [-0.4, -0.2) is 38.4 Å². The summed E-state index contributed by atoms with van der Waals surface area (Å²) in [4.78, 5) is 12.4. The van der Waals surface area contributed by atoms with E-state index in [1.807, 2.05) is 12.2 Å². The fourth-order valence-corrected chi connectivity index (χ4v) is 6.15. The number of carbonyl (C=O) groups excluding carboxylic acids is 1. The van der Waals surface area contributed by atoms with Crippen LogP contribution in [0, 0.1) is 5.92 Å². The molecular weight excluding hydrogens is 495 g/mol. The summed E-state index contributed by atoms with van der Waals surface area (Å²) in [6, 6.07) is 0. The molecule has 2 aliphatic carbocycles. The topological polar surface area (TPSA) is 67.2 Å². The van der Waals surface area contributed by atoms with E-state index in [2.05, 4.69) is 33.2 Å². The zero-order valence-corrected chi connectivity index (χ0v) is 17.7. The molecule has 1 aliphatic heterocycles. The van der Waals surface area contributed by atoms with Gasteiger partial charge in [0.15, 0.2) is 0 Å². The van der Waals surface area contributed by atoms with Crippen LogP contribution in [0.5, 0.6) is 0 Å². The van der Waals surface area contributed by atoms with Gasteiger partial charge in [0.25, 0.3) is 5.91 Å². The second-order valence-electron chi connectivity index (χ2n) is 6.65. The molecule has 6 unspecified atom stereocenters. The average molecular weight is 516 g/mol. The van der Waals surface area contributed by atoms with Crippen molar-refractivity contribution in [2.45, 2.75) is 46.0 Å².